The lowest BCUT2D eigenvalue weighted by atomic mass is 9.90. The number of tetrazole rings is 1. The molecule has 0 unspecified atom stereocenters. The third kappa shape index (κ3) is 4.19. The van der Waals surface area contributed by atoms with Gasteiger partial charge in [0.15, 0.2) is 5.82 Å². The van der Waals surface area contributed by atoms with E-state index in [-0.39, 0.29) is 11.0 Å². The van der Waals surface area contributed by atoms with Gasteiger partial charge >= 0.3 is 0 Å². The lowest BCUT2D eigenvalue weighted by molar-refractivity contribution is -0.526. The van der Waals surface area contributed by atoms with Gasteiger partial charge in [-0.1, -0.05) is 12.2 Å². The van der Waals surface area contributed by atoms with Gasteiger partial charge in [-0.3, -0.25) is 10.1 Å². The van der Waals surface area contributed by atoms with E-state index in [2.05, 4.69) is 20.4 Å². The van der Waals surface area contributed by atoms with Crippen LogP contribution in [0.4, 0.5) is 0 Å². The van der Waals surface area contributed by atoms with E-state index >= 15 is 0 Å². The minimum absolute atomic E-state index is 0.149. The number of aryl methyl sites for hydroxylation is 2. The van der Waals surface area contributed by atoms with Crippen molar-refractivity contribution >= 4 is 17.2 Å². The van der Waals surface area contributed by atoms with E-state index in [4.69, 9.17) is 12.2 Å². The standard InChI is InChI=1S/C13H22N6O2S/c1-17(10-6-8-11(9-7-10)19(20)21)13(22)5-3-4-12-14-15-16-18(12)2/h10-11H,3-9H2,1-2H3. The maximum Gasteiger partial charge on any atom is 0.213 e. The first-order valence-electron chi connectivity index (χ1n) is 7.59. The summed E-state index contributed by atoms with van der Waals surface area (Å²) in [7, 11) is 3.83. The van der Waals surface area contributed by atoms with E-state index in [0.29, 0.717) is 18.9 Å². The number of rotatable bonds is 6. The lowest BCUT2D eigenvalue weighted by Crippen LogP contribution is -2.40. The molecule has 0 saturated heterocycles. The molecule has 1 heterocycles. The Hall–Kier alpha value is -1.64. The number of nitrogens with zero attached hydrogens (tertiary/aromatic N) is 6. The van der Waals surface area contributed by atoms with E-state index in [9.17, 15) is 10.1 Å². The van der Waals surface area contributed by atoms with Crippen molar-refractivity contribution in [2.45, 2.75) is 57.0 Å². The van der Waals surface area contributed by atoms with Crippen molar-refractivity contribution in [3.8, 4) is 0 Å². The molecule has 1 fully saturated rings. The average Bonchev–Trinajstić information content (AvgIpc) is 2.92. The summed E-state index contributed by atoms with van der Waals surface area (Å²) in [5.74, 6) is 0.858. The summed E-state index contributed by atoms with van der Waals surface area (Å²) in [6.45, 7) is 0. The lowest BCUT2D eigenvalue weighted by Gasteiger charge is -2.33. The molecule has 0 amide bonds. The topological polar surface area (TPSA) is 90.0 Å². The van der Waals surface area contributed by atoms with Crippen LogP contribution in [-0.4, -0.2) is 54.2 Å². The van der Waals surface area contributed by atoms with E-state index in [1.807, 2.05) is 14.1 Å². The van der Waals surface area contributed by atoms with Crippen LogP contribution < -0.4 is 0 Å². The number of nitro groups is 1. The Balaban J connectivity index is 1.73. The quantitative estimate of drug-likeness (QED) is 0.443. The monoisotopic (exact) mass is 326 g/mol. The van der Waals surface area contributed by atoms with Crippen molar-refractivity contribution in [3.05, 3.63) is 15.9 Å². The smallest absolute Gasteiger partial charge is 0.213 e. The zero-order chi connectivity index (χ0) is 16.1. The molecule has 1 aliphatic rings. The van der Waals surface area contributed by atoms with Crippen LogP contribution in [0.3, 0.4) is 0 Å². The Morgan fingerprint density at radius 3 is 2.68 bits per heavy atom. The molecule has 9 heteroatoms. The highest BCUT2D eigenvalue weighted by Crippen LogP contribution is 2.25. The highest BCUT2D eigenvalue weighted by Gasteiger charge is 2.30. The van der Waals surface area contributed by atoms with Crippen molar-refractivity contribution in [2.75, 3.05) is 7.05 Å². The zero-order valence-electron chi connectivity index (χ0n) is 13.0. The Morgan fingerprint density at radius 1 is 1.45 bits per heavy atom. The van der Waals surface area contributed by atoms with Crippen LogP contribution in [0.1, 0.15) is 44.3 Å². The second kappa shape index (κ2) is 7.57. The SMILES string of the molecule is CN(C(=S)CCCc1nnnn1C)C1CCC([N+](=O)[O-])CC1. The van der Waals surface area contributed by atoms with Gasteiger partial charge in [-0.15, -0.1) is 5.10 Å². The van der Waals surface area contributed by atoms with Crippen LogP contribution in [0.15, 0.2) is 0 Å². The molecule has 22 heavy (non-hydrogen) atoms. The molecule has 0 aliphatic heterocycles. The molecule has 0 bridgehead atoms. The average molecular weight is 326 g/mol. The fourth-order valence-electron chi connectivity index (χ4n) is 2.89. The van der Waals surface area contributed by atoms with E-state index < -0.39 is 0 Å². The summed E-state index contributed by atoms with van der Waals surface area (Å²) < 4.78 is 1.67. The molecule has 1 aliphatic carbocycles. The van der Waals surface area contributed by atoms with Crippen LogP contribution in [-0.2, 0) is 13.5 Å². The third-order valence-electron chi connectivity index (χ3n) is 4.40. The summed E-state index contributed by atoms with van der Waals surface area (Å²) in [6.07, 6.45) is 5.50. The van der Waals surface area contributed by atoms with Crippen LogP contribution >= 0.6 is 12.2 Å². The largest absolute Gasteiger partial charge is 0.366 e. The number of hydrogen-bond acceptors (Lipinski definition) is 6. The van der Waals surface area contributed by atoms with Crippen molar-refractivity contribution in [3.63, 3.8) is 0 Å². The zero-order valence-corrected chi connectivity index (χ0v) is 13.8. The summed E-state index contributed by atoms with van der Waals surface area (Å²) in [5.41, 5.74) is 0. The number of aromatic nitrogens is 4. The third-order valence-corrected chi connectivity index (χ3v) is 4.90. The van der Waals surface area contributed by atoms with Crippen LogP contribution in [0.2, 0.25) is 0 Å². The molecule has 2 rings (SSSR count). The van der Waals surface area contributed by atoms with Crippen LogP contribution in [0, 0.1) is 10.1 Å². The summed E-state index contributed by atoms with van der Waals surface area (Å²) >= 11 is 5.50. The molecular formula is C13H22N6O2S. The van der Waals surface area contributed by atoms with Crippen LogP contribution in [0.5, 0.6) is 0 Å². The highest BCUT2D eigenvalue weighted by molar-refractivity contribution is 7.80. The van der Waals surface area contributed by atoms with Gasteiger partial charge in [-0.2, -0.15) is 0 Å². The Morgan fingerprint density at radius 2 is 2.14 bits per heavy atom. The molecule has 8 nitrogen and oxygen atoms in total. The maximum atomic E-state index is 10.8. The van der Waals surface area contributed by atoms with E-state index in [1.165, 1.54) is 0 Å². The Labute approximate surface area is 135 Å². The van der Waals surface area contributed by atoms with Gasteiger partial charge in [0.25, 0.3) is 0 Å². The summed E-state index contributed by atoms with van der Waals surface area (Å²) in [4.78, 5) is 13.7. The minimum atomic E-state index is -0.373. The highest BCUT2D eigenvalue weighted by atomic mass is 32.1. The maximum absolute atomic E-state index is 10.8. The van der Waals surface area contributed by atoms with Gasteiger partial charge < -0.3 is 4.90 Å². The predicted molar refractivity (Wildman–Crippen MR) is 85.1 cm³/mol. The normalized spacial score (nSPS) is 21.5. The predicted octanol–water partition coefficient (Wildman–Crippen LogP) is 1.38. The Bertz CT molecular complexity index is 526. The van der Waals surface area contributed by atoms with Crippen molar-refractivity contribution in [1.82, 2.24) is 25.1 Å². The second-order valence-corrected chi connectivity index (χ2v) is 6.30. The fourth-order valence-corrected chi connectivity index (χ4v) is 3.19. The van der Waals surface area contributed by atoms with Gasteiger partial charge in [-0.25, -0.2) is 4.68 Å². The van der Waals surface area contributed by atoms with Crippen molar-refractivity contribution in [1.29, 1.82) is 0 Å². The first-order chi connectivity index (χ1) is 10.5. The molecule has 1 saturated carbocycles. The summed E-state index contributed by atoms with van der Waals surface area (Å²) in [5, 5.41) is 22.2. The minimum Gasteiger partial charge on any atom is -0.366 e. The molecular weight excluding hydrogens is 304 g/mol. The first kappa shape index (κ1) is 16.7. The summed E-state index contributed by atoms with van der Waals surface area (Å²) in [6, 6.07) is -0.0400. The van der Waals surface area contributed by atoms with Gasteiger partial charge in [0, 0.05) is 44.3 Å². The molecule has 122 valence electrons. The van der Waals surface area contributed by atoms with Gasteiger partial charge in [0.05, 0.1) is 4.99 Å². The second-order valence-electron chi connectivity index (χ2n) is 5.82. The molecule has 0 N–H and O–H groups in total. The Kier molecular flexibility index (Phi) is 5.76. The molecule has 0 atom stereocenters. The fraction of sp³-hybridized carbons (Fsp3) is 0.846. The molecule has 0 radical (unpaired) electrons. The van der Waals surface area contributed by atoms with Gasteiger partial charge in [0.1, 0.15) is 0 Å². The van der Waals surface area contributed by atoms with Gasteiger partial charge in [0.2, 0.25) is 6.04 Å². The van der Waals surface area contributed by atoms with Crippen molar-refractivity contribution < 1.29 is 4.92 Å². The molecule has 1 aromatic heterocycles. The van der Waals surface area contributed by atoms with Gasteiger partial charge in [-0.05, 0) is 36.1 Å². The molecule has 0 spiro atoms. The number of hydrogen-bond donors (Lipinski definition) is 0. The van der Waals surface area contributed by atoms with E-state index in [1.54, 1.807) is 4.68 Å². The van der Waals surface area contributed by atoms with Crippen molar-refractivity contribution in [2.24, 2.45) is 7.05 Å². The first-order valence-corrected chi connectivity index (χ1v) is 8.00. The number of thiocarbonyl (C=S) groups is 1. The van der Waals surface area contributed by atoms with Crippen LogP contribution in [0.25, 0.3) is 0 Å². The van der Waals surface area contributed by atoms with E-state index in [0.717, 1.165) is 42.9 Å². The molecule has 0 aromatic carbocycles. The molecule has 1 aromatic rings.